The van der Waals surface area contributed by atoms with Gasteiger partial charge in [-0.25, -0.2) is 0 Å². The fourth-order valence-corrected chi connectivity index (χ4v) is 2.79. The van der Waals surface area contributed by atoms with Gasteiger partial charge >= 0.3 is 5.97 Å². The first-order chi connectivity index (χ1) is 13.5. The van der Waals surface area contributed by atoms with Crippen LogP contribution in [0.15, 0.2) is 78.9 Å². The molecule has 0 aliphatic rings. The molecule has 28 heavy (non-hydrogen) atoms. The summed E-state index contributed by atoms with van der Waals surface area (Å²) in [6, 6.07) is 22.2. The van der Waals surface area contributed by atoms with Crippen molar-refractivity contribution in [3.8, 4) is 0 Å². The molecule has 0 saturated carbocycles. The Morgan fingerprint density at radius 2 is 1.54 bits per heavy atom. The summed E-state index contributed by atoms with van der Waals surface area (Å²) in [4.78, 5) is 23.9. The standard InChI is InChI=1S/C22H21N3O3/c23-18-8-4-5-9-19(18)25-21(26)17-12-10-15(11-13-17)14-24-20(22(27)28)16-6-2-1-3-7-16/h1-13,20,24H,14,23H2,(H,25,26)(H,27,28)/t20-/m0/s1. The van der Waals surface area contributed by atoms with Gasteiger partial charge in [0.05, 0.1) is 11.4 Å². The number of carboxylic acid groups (broad SMARTS) is 1. The predicted octanol–water partition coefficient (Wildman–Crippen LogP) is 3.44. The Bertz CT molecular complexity index is 956. The van der Waals surface area contributed by atoms with Crippen LogP contribution in [0.25, 0.3) is 0 Å². The minimum absolute atomic E-state index is 0.259. The Labute approximate surface area is 163 Å². The van der Waals surface area contributed by atoms with E-state index in [1.54, 1.807) is 72.8 Å². The van der Waals surface area contributed by atoms with Crippen LogP contribution in [0.1, 0.15) is 27.5 Å². The third-order valence-corrected chi connectivity index (χ3v) is 4.32. The van der Waals surface area contributed by atoms with E-state index in [9.17, 15) is 14.7 Å². The molecule has 6 nitrogen and oxygen atoms in total. The minimum atomic E-state index is -0.942. The van der Waals surface area contributed by atoms with Gasteiger partial charge in [0, 0.05) is 12.1 Å². The first kappa shape index (κ1) is 19.1. The number of amides is 1. The number of hydrogen-bond donors (Lipinski definition) is 4. The van der Waals surface area contributed by atoms with Gasteiger partial charge in [0.2, 0.25) is 0 Å². The zero-order valence-corrected chi connectivity index (χ0v) is 15.1. The molecule has 1 amide bonds. The quantitative estimate of drug-likeness (QED) is 0.474. The summed E-state index contributed by atoms with van der Waals surface area (Å²) in [5.74, 6) is -1.20. The van der Waals surface area contributed by atoms with Gasteiger partial charge in [0.25, 0.3) is 5.91 Å². The van der Waals surface area contributed by atoms with E-state index in [2.05, 4.69) is 10.6 Å². The molecular weight excluding hydrogens is 354 g/mol. The topological polar surface area (TPSA) is 104 Å². The van der Waals surface area contributed by atoms with Crippen LogP contribution in [-0.4, -0.2) is 17.0 Å². The monoisotopic (exact) mass is 375 g/mol. The van der Waals surface area contributed by atoms with E-state index in [0.717, 1.165) is 5.56 Å². The molecule has 0 aliphatic carbocycles. The van der Waals surface area contributed by atoms with Crippen molar-refractivity contribution in [3.05, 3.63) is 95.6 Å². The van der Waals surface area contributed by atoms with Crippen molar-refractivity contribution in [2.75, 3.05) is 11.1 Å². The number of carbonyl (C=O) groups is 2. The number of carboxylic acids is 1. The van der Waals surface area contributed by atoms with Crippen LogP contribution in [0.4, 0.5) is 11.4 Å². The van der Waals surface area contributed by atoms with Gasteiger partial charge in [0.1, 0.15) is 6.04 Å². The second kappa shape index (κ2) is 8.83. The fraction of sp³-hybridized carbons (Fsp3) is 0.0909. The fourth-order valence-electron chi connectivity index (χ4n) is 2.79. The highest BCUT2D eigenvalue weighted by atomic mass is 16.4. The lowest BCUT2D eigenvalue weighted by molar-refractivity contribution is -0.139. The number of benzene rings is 3. The van der Waals surface area contributed by atoms with Crippen molar-refractivity contribution in [1.82, 2.24) is 5.32 Å². The van der Waals surface area contributed by atoms with Crippen molar-refractivity contribution in [2.24, 2.45) is 0 Å². The van der Waals surface area contributed by atoms with Gasteiger partial charge in [-0.15, -0.1) is 0 Å². The number of para-hydroxylation sites is 2. The van der Waals surface area contributed by atoms with Crippen LogP contribution in [0.2, 0.25) is 0 Å². The molecule has 6 heteroatoms. The largest absolute Gasteiger partial charge is 0.480 e. The van der Waals surface area contributed by atoms with Crippen molar-refractivity contribution in [2.45, 2.75) is 12.6 Å². The average molecular weight is 375 g/mol. The Hall–Kier alpha value is -3.64. The summed E-state index contributed by atoms with van der Waals surface area (Å²) in [6.45, 7) is 0.361. The normalized spacial score (nSPS) is 11.6. The van der Waals surface area contributed by atoms with Gasteiger partial charge in [-0.3, -0.25) is 14.9 Å². The second-order valence-corrected chi connectivity index (χ2v) is 6.30. The lowest BCUT2D eigenvalue weighted by atomic mass is 10.1. The van der Waals surface area contributed by atoms with E-state index in [0.29, 0.717) is 29.0 Å². The molecule has 3 rings (SSSR count). The Morgan fingerprint density at radius 3 is 2.18 bits per heavy atom. The molecule has 0 saturated heterocycles. The highest BCUT2D eigenvalue weighted by Gasteiger charge is 2.18. The van der Waals surface area contributed by atoms with E-state index in [-0.39, 0.29) is 5.91 Å². The smallest absolute Gasteiger partial charge is 0.325 e. The molecule has 0 heterocycles. The van der Waals surface area contributed by atoms with Crippen LogP contribution in [0.5, 0.6) is 0 Å². The van der Waals surface area contributed by atoms with Gasteiger partial charge in [-0.2, -0.15) is 0 Å². The molecule has 0 spiro atoms. The average Bonchev–Trinajstić information content (AvgIpc) is 2.71. The van der Waals surface area contributed by atoms with Crippen molar-refractivity contribution >= 4 is 23.3 Å². The molecule has 3 aromatic carbocycles. The number of rotatable bonds is 7. The van der Waals surface area contributed by atoms with E-state index in [1.807, 2.05) is 6.07 Å². The van der Waals surface area contributed by atoms with Crippen LogP contribution in [0, 0.1) is 0 Å². The van der Waals surface area contributed by atoms with Crippen molar-refractivity contribution in [1.29, 1.82) is 0 Å². The number of nitrogens with one attached hydrogen (secondary N) is 2. The number of carbonyl (C=O) groups excluding carboxylic acids is 1. The Balaban J connectivity index is 1.63. The van der Waals surface area contributed by atoms with Gasteiger partial charge in [0.15, 0.2) is 0 Å². The number of nitrogen functional groups attached to an aromatic ring is 1. The van der Waals surface area contributed by atoms with Crippen LogP contribution >= 0.6 is 0 Å². The van der Waals surface area contributed by atoms with Gasteiger partial charge in [-0.1, -0.05) is 54.6 Å². The second-order valence-electron chi connectivity index (χ2n) is 6.30. The highest BCUT2D eigenvalue weighted by molar-refractivity contribution is 6.05. The molecule has 5 N–H and O–H groups in total. The number of nitrogens with two attached hydrogens (primary N) is 1. The summed E-state index contributed by atoms with van der Waals surface area (Å²) in [5, 5.41) is 15.3. The lowest BCUT2D eigenvalue weighted by Crippen LogP contribution is -2.28. The zero-order chi connectivity index (χ0) is 19.9. The zero-order valence-electron chi connectivity index (χ0n) is 15.1. The molecule has 0 aromatic heterocycles. The number of hydrogen-bond acceptors (Lipinski definition) is 4. The SMILES string of the molecule is Nc1ccccc1NC(=O)c1ccc(CN[C@H](C(=O)O)c2ccccc2)cc1. The highest BCUT2D eigenvalue weighted by Crippen LogP contribution is 2.18. The maximum Gasteiger partial charge on any atom is 0.325 e. The summed E-state index contributed by atoms with van der Waals surface area (Å²) < 4.78 is 0. The molecule has 0 bridgehead atoms. The molecule has 1 atom stereocenters. The molecule has 0 radical (unpaired) electrons. The number of aliphatic carboxylic acids is 1. The molecular formula is C22H21N3O3. The lowest BCUT2D eigenvalue weighted by Gasteiger charge is -2.15. The van der Waals surface area contributed by atoms with Gasteiger partial charge in [-0.05, 0) is 35.4 Å². The van der Waals surface area contributed by atoms with E-state index in [1.165, 1.54) is 0 Å². The van der Waals surface area contributed by atoms with Crippen molar-refractivity contribution in [3.63, 3.8) is 0 Å². The molecule has 0 unspecified atom stereocenters. The summed E-state index contributed by atoms with van der Waals surface area (Å²) in [7, 11) is 0. The first-order valence-corrected chi connectivity index (χ1v) is 8.80. The summed E-state index contributed by atoms with van der Waals surface area (Å²) >= 11 is 0. The summed E-state index contributed by atoms with van der Waals surface area (Å²) in [5.41, 5.74) is 8.95. The Morgan fingerprint density at radius 1 is 0.893 bits per heavy atom. The Kier molecular flexibility index (Phi) is 6.04. The maximum absolute atomic E-state index is 12.4. The first-order valence-electron chi connectivity index (χ1n) is 8.80. The third kappa shape index (κ3) is 4.75. The minimum Gasteiger partial charge on any atom is -0.480 e. The van der Waals surface area contributed by atoms with Crippen LogP contribution in [-0.2, 0) is 11.3 Å². The van der Waals surface area contributed by atoms with Crippen LogP contribution < -0.4 is 16.4 Å². The van der Waals surface area contributed by atoms with E-state index < -0.39 is 12.0 Å². The predicted molar refractivity (Wildman–Crippen MR) is 109 cm³/mol. The van der Waals surface area contributed by atoms with E-state index >= 15 is 0 Å². The summed E-state index contributed by atoms with van der Waals surface area (Å²) in [6.07, 6.45) is 0. The third-order valence-electron chi connectivity index (χ3n) is 4.32. The molecule has 3 aromatic rings. The van der Waals surface area contributed by atoms with Crippen molar-refractivity contribution < 1.29 is 14.7 Å². The van der Waals surface area contributed by atoms with Gasteiger partial charge < -0.3 is 16.2 Å². The molecule has 142 valence electrons. The van der Waals surface area contributed by atoms with Crippen LogP contribution in [0.3, 0.4) is 0 Å². The number of anilines is 2. The van der Waals surface area contributed by atoms with E-state index in [4.69, 9.17) is 5.73 Å². The molecule has 0 aliphatic heterocycles. The molecule has 0 fully saturated rings. The maximum atomic E-state index is 12.4.